The number of nitrogen functional groups attached to an aromatic ring is 1. The molecule has 0 aromatic heterocycles. The Hall–Kier alpha value is -2.24. The van der Waals surface area contributed by atoms with Crippen LogP contribution < -0.4 is 16.4 Å². The molecule has 6 nitrogen and oxygen atoms in total. The van der Waals surface area contributed by atoms with Gasteiger partial charge in [0.05, 0.1) is 12.2 Å². The van der Waals surface area contributed by atoms with Gasteiger partial charge in [0.2, 0.25) is 5.91 Å². The van der Waals surface area contributed by atoms with E-state index in [0.717, 1.165) is 12.8 Å². The Balaban J connectivity index is 2.03. The van der Waals surface area contributed by atoms with Gasteiger partial charge in [-0.1, -0.05) is 0 Å². The van der Waals surface area contributed by atoms with Gasteiger partial charge in [0.25, 0.3) is 0 Å². The predicted octanol–water partition coefficient (Wildman–Crippen LogP) is 1.52. The van der Waals surface area contributed by atoms with Gasteiger partial charge in [0, 0.05) is 17.4 Å². The highest BCUT2D eigenvalue weighted by molar-refractivity contribution is 5.96. The van der Waals surface area contributed by atoms with Gasteiger partial charge in [-0.3, -0.25) is 4.79 Å². The summed E-state index contributed by atoms with van der Waals surface area (Å²) in [6.45, 7) is 3.80. The molecule has 6 heteroatoms. The van der Waals surface area contributed by atoms with E-state index in [9.17, 15) is 9.59 Å². The second-order valence-electron chi connectivity index (χ2n) is 5.17. The van der Waals surface area contributed by atoms with Crippen molar-refractivity contribution in [2.45, 2.75) is 38.8 Å². The highest BCUT2D eigenvalue weighted by Gasteiger charge is 2.25. The van der Waals surface area contributed by atoms with Crippen molar-refractivity contribution >= 4 is 23.3 Å². The molecule has 1 saturated carbocycles. The van der Waals surface area contributed by atoms with Crippen LogP contribution in [0.5, 0.6) is 0 Å². The normalized spacial score (nSPS) is 15.1. The number of carbonyl (C=O) groups excluding carboxylic acids is 2. The van der Waals surface area contributed by atoms with Crippen LogP contribution in [0.25, 0.3) is 0 Å². The topological polar surface area (TPSA) is 93.4 Å². The quantitative estimate of drug-likeness (QED) is 0.546. The summed E-state index contributed by atoms with van der Waals surface area (Å²) in [5.41, 5.74) is 7.09. The number of ether oxygens (including phenoxy) is 1. The Morgan fingerprint density at radius 3 is 2.76 bits per heavy atom. The maximum atomic E-state index is 11.9. The molecule has 114 valence electrons. The molecule has 1 fully saturated rings. The number of esters is 1. The predicted molar refractivity (Wildman–Crippen MR) is 81.1 cm³/mol. The van der Waals surface area contributed by atoms with Crippen LogP contribution in [0.1, 0.15) is 37.0 Å². The lowest BCUT2D eigenvalue weighted by Crippen LogP contribution is -2.38. The highest BCUT2D eigenvalue weighted by Crippen LogP contribution is 2.21. The van der Waals surface area contributed by atoms with E-state index in [2.05, 4.69) is 10.6 Å². The number of nitrogens with two attached hydrogens (primary N) is 1. The Labute approximate surface area is 124 Å². The molecule has 0 aliphatic heterocycles. The number of anilines is 2. The molecule has 1 aliphatic rings. The van der Waals surface area contributed by atoms with Crippen molar-refractivity contribution in [2.24, 2.45) is 0 Å². The largest absolute Gasteiger partial charge is 0.462 e. The van der Waals surface area contributed by atoms with Crippen molar-refractivity contribution in [1.82, 2.24) is 5.32 Å². The van der Waals surface area contributed by atoms with Crippen LogP contribution >= 0.6 is 0 Å². The molecule has 1 unspecified atom stereocenters. The van der Waals surface area contributed by atoms with E-state index < -0.39 is 5.97 Å². The van der Waals surface area contributed by atoms with Crippen molar-refractivity contribution in [3.8, 4) is 0 Å². The molecule has 1 atom stereocenters. The van der Waals surface area contributed by atoms with E-state index in [4.69, 9.17) is 10.5 Å². The summed E-state index contributed by atoms with van der Waals surface area (Å²) >= 11 is 0. The summed E-state index contributed by atoms with van der Waals surface area (Å²) in [5.74, 6) is -0.513. The van der Waals surface area contributed by atoms with Gasteiger partial charge in [-0.2, -0.15) is 0 Å². The Bertz CT molecular complexity index is 541. The minimum atomic E-state index is -0.464. The van der Waals surface area contributed by atoms with Gasteiger partial charge in [0.1, 0.15) is 6.04 Å². The SMILES string of the molecule is CCOC(=O)c1cc(NC(C)C(=O)NC2CC2)ccc1N. The number of amides is 1. The number of hydrogen-bond donors (Lipinski definition) is 3. The fourth-order valence-corrected chi connectivity index (χ4v) is 1.90. The average Bonchev–Trinajstić information content (AvgIpc) is 3.25. The molecule has 0 saturated heterocycles. The minimum absolute atomic E-state index is 0.0491. The first-order chi connectivity index (χ1) is 10.0. The minimum Gasteiger partial charge on any atom is -0.462 e. The molecular formula is C15H21N3O3. The van der Waals surface area contributed by atoms with Crippen LogP contribution in [0.4, 0.5) is 11.4 Å². The van der Waals surface area contributed by atoms with E-state index in [-0.39, 0.29) is 18.6 Å². The van der Waals surface area contributed by atoms with Gasteiger partial charge >= 0.3 is 5.97 Å². The van der Waals surface area contributed by atoms with E-state index in [1.54, 1.807) is 32.0 Å². The summed E-state index contributed by atoms with van der Waals surface area (Å²) in [5, 5.41) is 5.99. The smallest absolute Gasteiger partial charge is 0.340 e. The lowest BCUT2D eigenvalue weighted by molar-refractivity contribution is -0.121. The van der Waals surface area contributed by atoms with Crippen LogP contribution in [0, 0.1) is 0 Å². The highest BCUT2D eigenvalue weighted by atomic mass is 16.5. The summed E-state index contributed by atoms with van der Waals surface area (Å²) in [6, 6.07) is 4.90. The zero-order valence-corrected chi connectivity index (χ0v) is 12.3. The van der Waals surface area contributed by atoms with E-state index >= 15 is 0 Å². The molecule has 1 aromatic rings. The van der Waals surface area contributed by atoms with Crippen LogP contribution in [0.15, 0.2) is 18.2 Å². The Kier molecular flexibility index (Phi) is 4.67. The van der Waals surface area contributed by atoms with Crippen molar-refractivity contribution in [3.63, 3.8) is 0 Å². The summed E-state index contributed by atoms with van der Waals surface area (Å²) in [6.07, 6.45) is 2.10. The second-order valence-corrected chi connectivity index (χ2v) is 5.17. The van der Waals surface area contributed by atoms with Crippen molar-refractivity contribution in [3.05, 3.63) is 23.8 Å². The van der Waals surface area contributed by atoms with Gasteiger partial charge in [-0.05, 0) is 44.9 Å². The molecule has 0 spiro atoms. The fourth-order valence-electron chi connectivity index (χ4n) is 1.90. The number of carbonyl (C=O) groups is 2. The van der Waals surface area contributed by atoms with Crippen molar-refractivity contribution < 1.29 is 14.3 Å². The Morgan fingerprint density at radius 1 is 1.43 bits per heavy atom. The third kappa shape index (κ3) is 4.11. The molecule has 0 bridgehead atoms. The van der Waals surface area contributed by atoms with Crippen LogP contribution in [0.2, 0.25) is 0 Å². The zero-order valence-electron chi connectivity index (χ0n) is 12.3. The molecule has 0 heterocycles. The molecule has 21 heavy (non-hydrogen) atoms. The average molecular weight is 291 g/mol. The maximum absolute atomic E-state index is 11.9. The second kappa shape index (κ2) is 6.47. The molecule has 1 aromatic carbocycles. The molecule has 1 amide bonds. The number of benzene rings is 1. The lowest BCUT2D eigenvalue weighted by atomic mass is 10.1. The van der Waals surface area contributed by atoms with E-state index in [1.807, 2.05) is 0 Å². The lowest BCUT2D eigenvalue weighted by Gasteiger charge is -2.16. The van der Waals surface area contributed by atoms with Crippen LogP contribution in [-0.4, -0.2) is 30.6 Å². The number of nitrogens with one attached hydrogen (secondary N) is 2. The third-order valence-electron chi connectivity index (χ3n) is 3.25. The van der Waals surface area contributed by atoms with Crippen LogP contribution in [0.3, 0.4) is 0 Å². The first-order valence-electron chi connectivity index (χ1n) is 7.14. The molecule has 1 aliphatic carbocycles. The number of hydrogen-bond acceptors (Lipinski definition) is 5. The molecule has 4 N–H and O–H groups in total. The van der Waals surface area contributed by atoms with Gasteiger partial charge in [0.15, 0.2) is 0 Å². The monoisotopic (exact) mass is 291 g/mol. The fraction of sp³-hybridized carbons (Fsp3) is 0.467. The zero-order chi connectivity index (χ0) is 15.4. The van der Waals surface area contributed by atoms with Gasteiger partial charge in [-0.25, -0.2) is 4.79 Å². The van der Waals surface area contributed by atoms with Crippen LogP contribution in [-0.2, 0) is 9.53 Å². The Morgan fingerprint density at radius 2 is 2.14 bits per heavy atom. The van der Waals surface area contributed by atoms with Gasteiger partial charge < -0.3 is 21.1 Å². The summed E-state index contributed by atoms with van der Waals surface area (Å²) < 4.78 is 4.95. The molecule has 0 radical (unpaired) electrons. The van der Waals surface area contributed by atoms with Crippen molar-refractivity contribution in [1.29, 1.82) is 0 Å². The maximum Gasteiger partial charge on any atom is 0.340 e. The number of rotatable bonds is 6. The van der Waals surface area contributed by atoms with E-state index in [0.29, 0.717) is 23.0 Å². The molecule has 2 rings (SSSR count). The summed E-state index contributed by atoms with van der Waals surface area (Å²) in [7, 11) is 0. The molecular weight excluding hydrogens is 270 g/mol. The van der Waals surface area contributed by atoms with Crippen molar-refractivity contribution in [2.75, 3.05) is 17.7 Å². The van der Waals surface area contributed by atoms with E-state index in [1.165, 1.54) is 0 Å². The summed E-state index contributed by atoms with van der Waals surface area (Å²) in [4.78, 5) is 23.7. The van der Waals surface area contributed by atoms with Gasteiger partial charge in [-0.15, -0.1) is 0 Å². The standard InChI is InChI=1S/C15H21N3O3/c1-3-21-15(20)12-8-11(6-7-13(12)16)17-9(2)14(19)18-10-4-5-10/h6-10,17H,3-5,16H2,1-2H3,(H,18,19). The first-order valence-corrected chi connectivity index (χ1v) is 7.14. The first kappa shape index (κ1) is 15.2. The third-order valence-corrected chi connectivity index (χ3v) is 3.25.